The number of amides is 1. The van der Waals surface area contributed by atoms with Crippen LogP contribution in [0.1, 0.15) is 19.8 Å². The molecule has 9 heteroatoms. The van der Waals surface area contributed by atoms with Crippen molar-refractivity contribution in [3.8, 4) is 5.75 Å². The van der Waals surface area contributed by atoms with Gasteiger partial charge >= 0.3 is 0 Å². The zero-order valence-electron chi connectivity index (χ0n) is 15.4. The number of ether oxygens (including phenoxy) is 1. The summed E-state index contributed by atoms with van der Waals surface area (Å²) in [5.41, 5.74) is 0.932. The van der Waals surface area contributed by atoms with Crippen molar-refractivity contribution in [2.45, 2.75) is 32.4 Å². The van der Waals surface area contributed by atoms with E-state index in [4.69, 9.17) is 4.74 Å². The minimum Gasteiger partial charge on any atom is -0.494 e. The van der Waals surface area contributed by atoms with Gasteiger partial charge in [0.15, 0.2) is 4.80 Å². The zero-order chi connectivity index (χ0) is 19.6. The van der Waals surface area contributed by atoms with Gasteiger partial charge in [-0.25, -0.2) is 8.42 Å². The van der Waals surface area contributed by atoms with E-state index in [9.17, 15) is 13.2 Å². The van der Waals surface area contributed by atoms with Gasteiger partial charge in [0, 0.05) is 13.1 Å². The van der Waals surface area contributed by atoms with Crippen molar-refractivity contribution < 1.29 is 17.9 Å². The Bertz CT molecular complexity index is 1040. The molecule has 7 nitrogen and oxygen atoms in total. The van der Waals surface area contributed by atoms with E-state index in [1.54, 1.807) is 6.08 Å². The molecule has 0 saturated carbocycles. The van der Waals surface area contributed by atoms with Crippen molar-refractivity contribution in [2.75, 3.05) is 19.4 Å². The van der Waals surface area contributed by atoms with Gasteiger partial charge in [-0.1, -0.05) is 17.4 Å². The zero-order valence-corrected chi connectivity index (χ0v) is 17.1. The van der Waals surface area contributed by atoms with Crippen LogP contribution in [-0.2, 0) is 21.4 Å². The highest BCUT2D eigenvalue weighted by atomic mass is 32.2. The molecule has 1 aliphatic rings. The van der Waals surface area contributed by atoms with E-state index < -0.39 is 22.0 Å². The molecule has 146 valence electrons. The monoisotopic (exact) mass is 409 g/mol. The molecular weight excluding hydrogens is 386 g/mol. The minimum absolute atomic E-state index is 0.363. The standard InChI is InChI=1S/C18H23N3O4S2/c1-4-10-20-14-9-8-13(25-5-2)12-16(14)26-18(20)19-17(22)15-7-6-11-21(15)27(3,23)24/h4,8-9,12,15H,1,5-7,10-11H2,2-3H3. The van der Waals surface area contributed by atoms with E-state index in [2.05, 4.69) is 11.6 Å². The fourth-order valence-corrected chi connectivity index (χ4v) is 5.45. The van der Waals surface area contributed by atoms with Gasteiger partial charge in [0.05, 0.1) is 23.1 Å². The molecule has 3 rings (SSSR count). The number of fused-ring (bicyclic) bond motifs is 1. The number of allylic oxidation sites excluding steroid dienone is 1. The molecule has 1 aromatic heterocycles. The molecule has 0 N–H and O–H groups in total. The topological polar surface area (TPSA) is 81.0 Å². The van der Waals surface area contributed by atoms with E-state index in [1.807, 2.05) is 29.7 Å². The molecule has 1 amide bonds. The highest BCUT2D eigenvalue weighted by molar-refractivity contribution is 7.88. The van der Waals surface area contributed by atoms with Crippen molar-refractivity contribution in [3.63, 3.8) is 0 Å². The summed E-state index contributed by atoms with van der Waals surface area (Å²) in [7, 11) is -3.43. The summed E-state index contributed by atoms with van der Waals surface area (Å²) in [5.74, 6) is 0.334. The molecule has 2 heterocycles. The largest absolute Gasteiger partial charge is 0.494 e. The van der Waals surface area contributed by atoms with E-state index in [0.29, 0.717) is 37.3 Å². The molecule has 27 heavy (non-hydrogen) atoms. The molecule has 1 atom stereocenters. The molecule has 1 aromatic carbocycles. The molecule has 0 aliphatic carbocycles. The Hall–Kier alpha value is -1.97. The van der Waals surface area contributed by atoms with Crippen LogP contribution in [0, 0.1) is 0 Å². The fourth-order valence-electron chi connectivity index (χ4n) is 3.25. The predicted molar refractivity (Wildman–Crippen MR) is 106 cm³/mol. The van der Waals surface area contributed by atoms with E-state index in [1.165, 1.54) is 15.6 Å². The second-order valence-electron chi connectivity index (χ2n) is 6.33. The fraction of sp³-hybridized carbons (Fsp3) is 0.444. The van der Waals surface area contributed by atoms with Gasteiger partial charge in [-0.2, -0.15) is 9.30 Å². The number of carbonyl (C=O) groups excluding carboxylic acids is 1. The molecular formula is C18H23N3O4S2. The third-order valence-corrected chi connectivity index (χ3v) is 6.73. The van der Waals surface area contributed by atoms with Gasteiger partial charge in [0.1, 0.15) is 11.8 Å². The number of sulfonamides is 1. The average molecular weight is 410 g/mol. The molecule has 1 aliphatic heterocycles. The Morgan fingerprint density at radius 2 is 2.26 bits per heavy atom. The highest BCUT2D eigenvalue weighted by Gasteiger charge is 2.36. The van der Waals surface area contributed by atoms with Gasteiger partial charge < -0.3 is 9.30 Å². The van der Waals surface area contributed by atoms with Gasteiger partial charge in [-0.15, -0.1) is 6.58 Å². The summed E-state index contributed by atoms with van der Waals surface area (Å²) in [4.78, 5) is 17.6. The average Bonchev–Trinajstić information content (AvgIpc) is 3.21. The number of benzene rings is 1. The normalized spacial score (nSPS) is 18.9. The SMILES string of the molecule is C=CCn1c(=NC(=O)C2CCCN2S(C)(=O)=O)sc2cc(OCC)ccc21. The van der Waals surface area contributed by atoms with Crippen molar-refractivity contribution in [1.29, 1.82) is 0 Å². The Morgan fingerprint density at radius 1 is 1.48 bits per heavy atom. The first-order valence-corrected chi connectivity index (χ1v) is 11.4. The quantitative estimate of drug-likeness (QED) is 0.685. The summed E-state index contributed by atoms with van der Waals surface area (Å²) >= 11 is 1.38. The Kier molecular flexibility index (Phi) is 5.83. The maximum Gasteiger partial charge on any atom is 0.266 e. The van der Waals surface area contributed by atoms with Crippen molar-refractivity contribution in [1.82, 2.24) is 8.87 Å². The van der Waals surface area contributed by atoms with Crippen molar-refractivity contribution in [2.24, 2.45) is 4.99 Å². The van der Waals surface area contributed by atoms with Crippen molar-refractivity contribution in [3.05, 3.63) is 35.7 Å². The Morgan fingerprint density at radius 3 is 2.93 bits per heavy atom. The first kappa shape index (κ1) is 19.8. The van der Waals surface area contributed by atoms with Crippen LogP contribution in [0.25, 0.3) is 10.2 Å². The third-order valence-electron chi connectivity index (χ3n) is 4.40. The number of thiazole rings is 1. The molecule has 0 radical (unpaired) electrons. The van der Waals surface area contributed by atoms with Crippen LogP contribution in [0.3, 0.4) is 0 Å². The van der Waals surface area contributed by atoms with Gasteiger partial charge in [0.25, 0.3) is 5.91 Å². The van der Waals surface area contributed by atoms with Crippen LogP contribution in [0.4, 0.5) is 0 Å². The maximum absolute atomic E-state index is 12.7. The molecule has 2 aromatic rings. The molecule has 0 bridgehead atoms. The van der Waals surface area contributed by atoms with Crippen LogP contribution >= 0.6 is 11.3 Å². The smallest absolute Gasteiger partial charge is 0.266 e. The molecule has 0 spiro atoms. The molecule has 1 unspecified atom stereocenters. The van der Waals surface area contributed by atoms with E-state index in [-0.39, 0.29) is 0 Å². The molecule has 1 fully saturated rings. The summed E-state index contributed by atoms with van der Waals surface area (Å²) in [6, 6.07) is 5.01. The van der Waals surface area contributed by atoms with Crippen LogP contribution in [0.2, 0.25) is 0 Å². The lowest BCUT2D eigenvalue weighted by Crippen LogP contribution is -2.39. The first-order chi connectivity index (χ1) is 12.8. The number of hydrogen-bond acceptors (Lipinski definition) is 5. The summed E-state index contributed by atoms with van der Waals surface area (Å²) < 4.78 is 33.5. The van der Waals surface area contributed by atoms with Crippen LogP contribution in [0.15, 0.2) is 35.8 Å². The number of hydrogen-bond donors (Lipinski definition) is 0. The predicted octanol–water partition coefficient (Wildman–Crippen LogP) is 2.14. The Labute approximate surface area is 162 Å². The number of nitrogens with zero attached hydrogens (tertiary/aromatic N) is 3. The van der Waals surface area contributed by atoms with Gasteiger partial charge in [0.2, 0.25) is 10.0 Å². The number of rotatable bonds is 6. The lowest BCUT2D eigenvalue weighted by molar-refractivity contribution is -0.121. The van der Waals surface area contributed by atoms with Crippen molar-refractivity contribution >= 4 is 37.5 Å². The maximum atomic E-state index is 12.7. The lowest BCUT2D eigenvalue weighted by Gasteiger charge is -2.18. The highest BCUT2D eigenvalue weighted by Crippen LogP contribution is 2.24. The summed E-state index contributed by atoms with van der Waals surface area (Å²) in [6.07, 6.45) is 4.03. The molecule has 1 saturated heterocycles. The van der Waals surface area contributed by atoms with Gasteiger partial charge in [-0.05, 0) is 38.0 Å². The third kappa shape index (κ3) is 4.15. The van der Waals surface area contributed by atoms with Crippen LogP contribution < -0.4 is 9.54 Å². The number of carbonyl (C=O) groups is 1. The Balaban J connectivity index is 2.05. The minimum atomic E-state index is -3.43. The van der Waals surface area contributed by atoms with Crippen LogP contribution in [0.5, 0.6) is 5.75 Å². The second kappa shape index (κ2) is 7.95. The number of aromatic nitrogens is 1. The summed E-state index contributed by atoms with van der Waals surface area (Å²) in [6.45, 7) is 7.13. The van der Waals surface area contributed by atoms with E-state index in [0.717, 1.165) is 22.2 Å². The summed E-state index contributed by atoms with van der Waals surface area (Å²) in [5, 5.41) is 0. The lowest BCUT2D eigenvalue weighted by atomic mass is 10.2. The van der Waals surface area contributed by atoms with Gasteiger partial charge in [-0.3, -0.25) is 4.79 Å². The first-order valence-electron chi connectivity index (χ1n) is 8.77. The second-order valence-corrected chi connectivity index (χ2v) is 9.27. The van der Waals surface area contributed by atoms with Crippen LogP contribution in [-0.4, -0.2) is 48.6 Å². The van der Waals surface area contributed by atoms with E-state index >= 15 is 0 Å².